The van der Waals surface area contributed by atoms with Crippen LogP contribution >= 0.6 is 12.2 Å². The zero-order valence-corrected chi connectivity index (χ0v) is 18.3. The van der Waals surface area contributed by atoms with Gasteiger partial charge in [0, 0.05) is 6.08 Å². The zero-order valence-electron chi connectivity index (χ0n) is 17.4. The number of carbonyl (C=O) groups is 2. The van der Waals surface area contributed by atoms with Gasteiger partial charge in [-0.1, -0.05) is 72.8 Å². The van der Waals surface area contributed by atoms with E-state index >= 15 is 0 Å². The molecule has 2 amide bonds. The summed E-state index contributed by atoms with van der Waals surface area (Å²) in [6.45, 7) is 0. The first-order valence-corrected chi connectivity index (χ1v) is 10.3. The lowest BCUT2D eigenvalue weighted by molar-refractivity contribution is -0.122. The Bertz CT molecular complexity index is 1040. The number of rotatable bonds is 6. The topological polar surface area (TPSA) is 79.5 Å². The van der Waals surface area contributed by atoms with E-state index in [1.165, 1.54) is 6.08 Å². The molecule has 3 aromatic rings. The highest BCUT2D eigenvalue weighted by Crippen LogP contribution is 2.24. The molecule has 3 N–H and O–H groups in total. The standard InChI is InChI=1S/C25H23N3O3S/c1-31-21-15-12-18(13-16-21)14-17-22(29)26-25(32)28-27-24(30)23(19-8-4-2-5-9-19)20-10-6-3-7-11-20/h2-17,23H,1H3,(H,27,30)(H2,26,28,29,32)/b17-14+. The van der Waals surface area contributed by atoms with E-state index in [1.54, 1.807) is 25.3 Å². The number of ether oxygens (including phenoxy) is 1. The Kier molecular flexibility index (Phi) is 8.11. The van der Waals surface area contributed by atoms with Gasteiger partial charge in [-0.25, -0.2) is 0 Å². The maximum atomic E-state index is 12.9. The van der Waals surface area contributed by atoms with Crippen molar-refractivity contribution in [2.75, 3.05) is 7.11 Å². The summed E-state index contributed by atoms with van der Waals surface area (Å²) in [5.41, 5.74) is 7.71. The van der Waals surface area contributed by atoms with E-state index in [0.29, 0.717) is 0 Å². The van der Waals surface area contributed by atoms with E-state index in [2.05, 4.69) is 16.2 Å². The molecule has 0 saturated carbocycles. The van der Waals surface area contributed by atoms with Gasteiger partial charge in [0.25, 0.3) is 0 Å². The van der Waals surface area contributed by atoms with Gasteiger partial charge in [-0.05, 0) is 47.1 Å². The summed E-state index contributed by atoms with van der Waals surface area (Å²) in [7, 11) is 1.59. The highest BCUT2D eigenvalue weighted by molar-refractivity contribution is 7.80. The minimum absolute atomic E-state index is 0.0115. The van der Waals surface area contributed by atoms with E-state index in [-0.39, 0.29) is 11.0 Å². The molecule has 32 heavy (non-hydrogen) atoms. The van der Waals surface area contributed by atoms with Crippen LogP contribution in [-0.2, 0) is 9.59 Å². The molecule has 3 aromatic carbocycles. The van der Waals surface area contributed by atoms with E-state index in [9.17, 15) is 9.59 Å². The third-order valence-corrected chi connectivity index (χ3v) is 4.81. The second-order valence-corrected chi connectivity index (χ2v) is 7.20. The van der Waals surface area contributed by atoms with Crippen molar-refractivity contribution in [3.63, 3.8) is 0 Å². The van der Waals surface area contributed by atoms with Crippen LogP contribution in [0.1, 0.15) is 22.6 Å². The molecule has 0 aliphatic rings. The van der Waals surface area contributed by atoms with Gasteiger partial charge in [-0.15, -0.1) is 0 Å². The maximum Gasteiger partial charge on any atom is 0.250 e. The van der Waals surface area contributed by atoms with Crippen molar-refractivity contribution in [1.29, 1.82) is 0 Å². The van der Waals surface area contributed by atoms with Crippen molar-refractivity contribution in [2.45, 2.75) is 5.92 Å². The van der Waals surface area contributed by atoms with Crippen LogP contribution in [0.2, 0.25) is 0 Å². The second kappa shape index (κ2) is 11.4. The Hall–Kier alpha value is -3.97. The van der Waals surface area contributed by atoms with E-state index in [0.717, 1.165) is 22.4 Å². The molecule has 162 valence electrons. The van der Waals surface area contributed by atoms with Crippen LogP contribution in [0.15, 0.2) is 91.0 Å². The largest absolute Gasteiger partial charge is 0.497 e. The SMILES string of the molecule is COc1ccc(/C=C/C(=O)NC(=S)NNC(=O)C(c2ccccc2)c2ccccc2)cc1. The van der Waals surface area contributed by atoms with Crippen molar-refractivity contribution >= 4 is 35.2 Å². The van der Waals surface area contributed by atoms with Gasteiger partial charge in [0.05, 0.1) is 13.0 Å². The number of hydrogen-bond donors (Lipinski definition) is 3. The second-order valence-electron chi connectivity index (χ2n) is 6.79. The number of methoxy groups -OCH3 is 1. The predicted octanol–water partition coefficient (Wildman–Crippen LogP) is 3.56. The highest BCUT2D eigenvalue weighted by Gasteiger charge is 2.22. The summed E-state index contributed by atoms with van der Waals surface area (Å²) in [5, 5.41) is 2.49. The Morgan fingerprint density at radius 3 is 1.94 bits per heavy atom. The molecule has 0 aliphatic carbocycles. The molecule has 0 bridgehead atoms. The zero-order chi connectivity index (χ0) is 22.8. The van der Waals surface area contributed by atoms with E-state index in [1.807, 2.05) is 72.8 Å². The van der Waals surface area contributed by atoms with Crippen LogP contribution < -0.4 is 20.9 Å². The smallest absolute Gasteiger partial charge is 0.250 e. The summed E-state index contributed by atoms with van der Waals surface area (Å²) in [5.74, 6) is -0.515. The van der Waals surface area contributed by atoms with Gasteiger partial charge >= 0.3 is 0 Å². The van der Waals surface area contributed by atoms with Crippen molar-refractivity contribution < 1.29 is 14.3 Å². The van der Waals surface area contributed by atoms with Gasteiger partial charge in [-0.3, -0.25) is 25.8 Å². The summed E-state index contributed by atoms with van der Waals surface area (Å²) in [4.78, 5) is 25.0. The highest BCUT2D eigenvalue weighted by atomic mass is 32.1. The van der Waals surface area contributed by atoms with Gasteiger partial charge in [0.2, 0.25) is 11.8 Å². The van der Waals surface area contributed by atoms with Gasteiger partial charge in [0.15, 0.2) is 5.11 Å². The fourth-order valence-corrected chi connectivity index (χ4v) is 3.20. The predicted molar refractivity (Wildman–Crippen MR) is 129 cm³/mol. The molecule has 0 unspecified atom stereocenters. The molecular weight excluding hydrogens is 422 g/mol. The molecule has 0 spiro atoms. The number of nitrogens with one attached hydrogen (secondary N) is 3. The van der Waals surface area contributed by atoms with Crippen molar-refractivity contribution in [3.8, 4) is 5.75 Å². The van der Waals surface area contributed by atoms with E-state index < -0.39 is 11.8 Å². The van der Waals surface area contributed by atoms with Crippen LogP contribution in [0, 0.1) is 0 Å². The molecular formula is C25H23N3O3S. The number of hydrazine groups is 1. The molecule has 0 fully saturated rings. The Balaban J connectivity index is 1.57. The number of amides is 2. The number of carbonyl (C=O) groups excluding carboxylic acids is 2. The lowest BCUT2D eigenvalue weighted by Gasteiger charge is -2.18. The molecule has 0 aromatic heterocycles. The molecule has 0 radical (unpaired) electrons. The molecule has 0 aliphatic heterocycles. The molecule has 0 atom stereocenters. The van der Waals surface area contributed by atoms with Crippen LogP contribution in [0.5, 0.6) is 5.75 Å². The lowest BCUT2D eigenvalue weighted by Crippen LogP contribution is -2.49. The number of hydrogen-bond acceptors (Lipinski definition) is 4. The van der Waals surface area contributed by atoms with Crippen molar-refractivity contribution in [2.24, 2.45) is 0 Å². The third kappa shape index (κ3) is 6.52. The average molecular weight is 446 g/mol. The molecule has 3 rings (SSSR count). The molecule has 0 saturated heterocycles. The fraction of sp³-hybridized carbons (Fsp3) is 0.0800. The Morgan fingerprint density at radius 1 is 0.844 bits per heavy atom. The average Bonchev–Trinajstić information content (AvgIpc) is 2.83. The summed E-state index contributed by atoms with van der Waals surface area (Å²) in [6.07, 6.45) is 3.01. The number of thiocarbonyl (C=S) groups is 1. The van der Waals surface area contributed by atoms with E-state index in [4.69, 9.17) is 17.0 Å². The van der Waals surface area contributed by atoms with Crippen molar-refractivity contribution in [1.82, 2.24) is 16.2 Å². The Morgan fingerprint density at radius 2 is 1.41 bits per heavy atom. The summed E-state index contributed by atoms with van der Waals surface area (Å²) >= 11 is 5.12. The Labute approximate surface area is 192 Å². The first-order chi connectivity index (χ1) is 15.6. The molecule has 7 heteroatoms. The van der Waals surface area contributed by atoms with Gasteiger partial charge in [-0.2, -0.15) is 0 Å². The van der Waals surface area contributed by atoms with Crippen LogP contribution in [0.4, 0.5) is 0 Å². The van der Waals surface area contributed by atoms with Crippen LogP contribution in [0.25, 0.3) is 6.08 Å². The summed E-state index contributed by atoms with van der Waals surface area (Å²) in [6, 6.07) is 26.1. The molecule has 0 heterocycles. The molecule has 6 nitrogen and oxygen atoms in total. The quantitative estimate of drug-likeness (QED) is 0.307. The van der Waals surface area contributed by atoms with Crippen LogP contribution in [0.3, 0.4) is 0 Å². The minimum atomic E-state index is -0.529. The van der Waals surface area contributed by atoms with Gasteiger partial charge in [0.1, 0.15) is 5.75 Å². The first kappa shape index (κ1) is 22.7. The first-order valence-electron chi connectivity index (χ1n) is 9.89. The minimum Gasteiger partial charge on any atom is -0.497 e. The normalized spacial score (nSPS) is 10.6. The fourth-order valence-electron chi connectivity index (χ4n) is 3.05. The third-order valence-electron chi connectivity index (χ3n) is 4.61. The van der Waals surface area contributed by atoms with Crippen LogP contribution in [-0.4, -0.2) is 24.0 Å². The van der Waals surface area contributed by atoms with Gasteiger partial charge < -0.3 is 4.74 Å². The summed E-state index contributed by atoms with van der Waals surface area (Å²) < 4.78 is 5.10. The number of benzene rings is 3. The maximum absolute atomic E-state index is 12.9. The van der Waals surface area contributed by atoms with Crippen molar-refractivity contribution in [3.05, 3.63) is 108 Å². The monoisotopic (exact) mass is 445 g/mol. The lowest BCUT2D eigenvalue weighted by atomic mass is 9.91.